The van der Waals surface area contributed by atoms with Crippen LogP contribution in [0.2, 0.25) is 5.02 Å². The monoisotopic (exact) mass is 371 g/mol. The molecule has 0 aliphatic carbocycles. The van der Waals surface area contributed by atoms with Crippen LogP contribution in [0.25, 0.3) is 0 Å². The molecular formula is C15H18ClN3O4S. The van der Waals surface area contributed by atoms with E-state index in [2.05, 4.69) is 10.5 Å². The first-order chi connectivity index (χ1) is 11.1. The molecule has 0 fully saturated rings. The molecule has 0 unspecified atom stereocenters. The molecule has 2 aromatic rings. The van der Waals surface area contributed by atoms with E-state index in [1.165, 1.54) is 20.9 Å². The first-order valence-corrected chi connectivity index (χ1v) is 8.90. The Hall–Kier alpha value is -1.90. The number of amides is 1. The number of hydrogen-bond donors (Lipinski definition) is 1. The number of aromatic nitrogens is 1. The average Bonchev–Trinajstić information content (AvgIpc) is 2.81. The van der Waals surface area contributed by atoms with E-state index in [0.29, 0.717) is 10.7 Å². The average molecular weight is 372 g/mol. The highest BCUT2D eigenvalue weighted by atomic mass is 35.5. The maximum absolute atomic E-state index is 12.6. The van der Waals surface area contributed by atoms with Crippen LogP contribution in [0.3, 0.4) is 0 Å². The molecule has 0 atom stereocenters. The van der Waals surface area contributed by atoms with Crippen molar-refractivity contribution >= 4 is 33.2 Å². The van der Waals surface area contributed by atoms with Gasteiger partial charge in [0, 0.05) is 17.8 Å². The summed E-state index contributed by atoms with van der Waals surface area (Å²) in [5.74, 6) is -0.272. The van der Waals surface area contributed by atoms with Gasteiger partial charge in [0.1, 0.15) is 10.6 Å². The van der Waals surface area contributed by atoms with E-state index in [-0.39, 0.29) is 22.9 Å². The number of halogens is 1. The van der Waals surface area contributed by atoms with Crippen LogP contribution in [0.1, 0.15) is 17.0 Å². The predicted molar refractivity (Wildman–Crippen MR) is 90.6 cm³/mol. The Morgan fingerprint density at radius 2 is 2.00 bits per heavy atom. The summed E-state index contributed by atoms with van der Waals surface area (Å²) < 4.78 is 31.0. The van der Waals surface area contributed by atoms with Crippen molar-refractivity contribution in [2.45, 2.75) is 25.7 Å². The second kappa shape index (κ2) is 6.92. The highest BCUT2D eigenvalue weighted by Crippen LogP contribution is 2.23. The minimum atomic E-state index is -3.87. The minimum absolute atomic E-state index is 0.0135. The zero-order valence-electron chi connectivity index (χ0n) is 13.8. The molecule has 0 aliphatic heterocycles. The summed E-state index contributed by atoms with van der Waals surface area (Å²) in [5.41, 5.74) is 1.62. The van der Waals surface area contributed by atoms with Crippen LogP contribution in [-0.4, -0.2) is 37.4 Å². The highest BCUT2D eigenvalue weighted by molar-refractivity contribution is 7.89. The first-order valence-electron chi connectivity index (χ1n) is 7.08. The fourth-order valence-electron chi connectivity index (χ4n) is 2.24. The van der Waals surface area contributed by atoms with Gasteiger partial charge in [-0.05, 0) is 44.5 Å². The molecule has 2 rings (SSSR count). The zero-order valence-corrected chi connectivity index (χ0v) is 15.3. The number of nitrogens with zero attached hydrogens (tertiary/aromatic N) is 2. The Morgan fingerprint density at radius 3 is 2.54 bits per heavy atom. The van der Waals surface area contributed by atoms with Crippen molar-refractivity contribution in [3.8, 4) is 0 Å². The number of sulfonamides is 1. The van der Waals surface area contributed by atoms with Crippen LogP contribution in [0.15, 0.2) is 27.6 Å². The minimum Gasteiger partial charge on any atom is -0.360 e. The van der Waals surface area contributed by atoms with E-state index in [1.807, 2.05) is 0 Å². The maximum atomic E-state index is 12.6. The highest BCUT2D eigenvalue weighted by Gasteiger charge is 2.29. The molecular weight excluding hydrogens is 354 g/mol. The molecule has 0 saturated carbocycles. The number of benzene rings is 1. The lowest BCUT2D eigenvalue weighted by Crippen LogP contribution is -2.35. The van der Waals surface area contributed by atoms with Gasteiger partial charge in [0.25, 0.3) is 0 Å². The molecule has 0 radical (unpaired) electrons. The molecule has 0 aliphatic rings. The lowest BCUT2D eigenvalue weighted by atomic mass is 10.2. The molecule has 1 amide bonds. The lowest BCUT2D eigenvalue weighted by molar-refractivity contribution is -0.116. The van der Waals surface area contributed by atoms with Gasteiger partial charge >= 0.3 is 0 Å². The first kappa shape index (κ1) is 18.4. The molecule has 1 heterocycles. The molecule has 0 saturated heterocycles. The topological polar surface area (TPSA) is 92.5 Å². The van der Waals surface area contributed by atoms with E-state index in [4.69, 9.17) is 16.1 Å². The Labute approximate surface area is 145 Å². The summed E-state index contributed by atoms with van der Waals surface area (Å²) in [6.07, 6.45) is 0. The molecule has 130 valence electrons. The number of anilines is 1. The summed E-state index contributed by atoms with van der Waals surface area (Å²) in [6, 6.07) is 5.02. The van der Waals surface area contributed by atoms with Crippen molar-refractivity contribution in [1.29, 1.82) is 0 Å². The summed E-state index contributed by atoms with van der Waals surface area (Å²) in [6.45, 7) is 4.51. The second-order valence-corrected chi connectivity index (χ2v) is 7.84. The molecule has 0 spiro atoms. The van der Waals surface area contributed by atoms with Crippen molar-refractivity contribution in [2.75, 3.05) is 18.9 Å². The van der Waals surface area contributed by atoms with Crippen LogP contribution < -0.4 is 5.32 Å². The number of carbonyl (C=O) groups excluding carboxylic acids is 1. The predicted octanol–water partition coefficient (Wildman–Crippen LogP) is 2.51. The van der Waals surface area contributed by atoms with Gasteiger partial charge in [-0.15, -0.1) is 0 Å². The van der Waals surface area contributed by atoms with Crippen molar-refractivity contribution in [3.63, 3.8) is 0 Å². The van der Waals surface area contributed by atoms with E-state index >= 15 is 0 Å². The largest absolute Gasteiger partial charge is 0.360 e. The van der Waals surface area contributed by atoms with Gasteiger partial charge in [0.05, 0.1) is 6.54 Å². The van der Waals surface area contributed by atoms with Gasteiger partial charge in [0.2, 0.25) is 15.9 Å². The standard InChI is InChI=1S/C15H18ClN3O4S/c1-9-7-12(16)5-6-13(9)17-14(20)8-19(4)24(21,22)15-10(2)18-23-11(15)3/h5-7H,8H2,1-4H3,(H,17,20). The van der Waals surface area contributed by atoms with Crippen molar-refractivity contribution in [1.82, 2.24) is 9.46 Å². The van der Waals surface area contributed by atoms with E-state index in [9.17, 15) is 13.2 Å². The molecule has 7 nitrogen and oxygen atoms in total. The van der Waals surface area contributed by atoms with Crippen molar-refractivity contribution in [2.24, 2.45) is 0 Å². The quantitative estimate of drug-likeness (QED) is 0.871. The van der Waals surface area contributed by atoms with Crippen LogP contribution in [0.4, 0.5) is 5.69 Å². The molecule has 1 aromatic carbocycles. The van der Waals surface area contributed by atoms with Crippen LogP contribution in [0.5, 0.6) is 0 Å². The van der Waals surface area contributed by atoms with E-state index < -0.39 is 15.9 Å². The molecule has 1 aromatic heterocycles. The third-order valence-corrected chi connectivity index (χ3v) is 5.75. The van der Waals surface area contributed by atoms with E-state index in [0.717, 1.165) is 9.87 Å². The fourth-order valence-corrected chi connectivity index (χ4v) is 3.88. The van der Waals surface area contributed by atoms with Gasteiger partial charge in [-0.1, -0.05) is 16.8 Å². The number of nitrogens with one attached hydrogen (secondary N) is 1. The molecule has 1 N–H and O–H groups in total. The Kier molecular flexibility index (Phi) is 5.32. The summed E-state index contributed by atoms with van der Waals surface area (Å²) in [5, 5.41) is 6.87. The van der Waals surface area contributed by atoms with Gasteiger partial charge in [0.15, 0.2) is 5.76 Å². The number of hydrogen-bond acceptors (Lipinski definition) is 5. The number of carbonyl (C=O) groups is 1. The fraction of sp³-hybridized carbons (Fsp3) is 0.333. The van der Waals surface area contributed by atoms with Crippen LogP contribution in [-0.2, 0) is 14.8 Å². The van der Waals surface area contributed by atoms with E-state index in [1.54, 1.807) is 25.1 Å². The molecule has 24 heavy (non-hydrogen) atoms. The Morgan fingerprint density at radius 1 is 1.33 bits per heavy atom. The smallest absolute Gasteiger partial charge is 0.248 e. The van der Waals surface area contributed by atoms with Gasteiger partial charge in [-0.3, -0.25) is 4.79 Å². The maximum Gasteiger partial charge on any atom is 0.248 e. The zero-order chi connectivity index (χ0) is 18.1. The molecule has 0 bridgehead atoms. The summed E-state index contributed by atoms with van der Waals surface area (Å²) in [4.78, 5) is 12.1. The third-order valence-electron chi connectivity index (χ3n) is 3.46. The Bertz CT molecular complexity index is 857. The number of likely N-dealkylation sites (N-methyl/N-ethyl adjacent to an activating group) is 1. The van der Waals surface area contributed by atoms with Gasteiger partial charge < -0.3 is 9.84 Å². The third kappa shape index (κ3) is 3.77. The second-order valence-electron chi connectivity index (χ2n) is 5.42. The Balaban J connectivity index is 2.14. The van der Waals surface area contributed by atoms with Gasteiger partial charge in [-0.2, -0.15) is 4.31 Å². The number of rotatable bonds is 5. The van der Waals surface area contributed by atoms with Crippen molar-refractivity contribution < 1.29 is 17.7 Å². The normalized spacial score (nSPS) is 11.8. The van der Waals surface area contributed by atoms with Crippen LogP contribution >= 0.6 is 11.6 Å². The SMILES string of the molecule is Cc1cc(Cl)ccc1NC(=O)CN(C)S(=O)(=O)c1c(C)noc1C. The summed E-state index contributed by atoms with van der Waals surface area (Å²) >= 11 is 5.87. The molecule has 9 heteroatoms. The summed E-state index contributed by atoms with van der Waals surface area (Å²) in [7, 11) is -2.54. The van der Waals surface area contributed by atoms with Gasteiger partial charge in [-0.25, -0.2) is 8.42 Å². The number of aryl methyl sites for hydroxylation is 3. The van der Waals surface area contributed by atoms with Crippen molar-refractivity contribution in [3.05, 3.63) is 40.2 Å². The lowest BCUT2D eigenvalue weighted by Gasteiger charge is -2.17. The van der Waals surface area contributed by atoms with Crippen LogP contribution in [0, 0.1) is 20.8 Å².